The average Bonchev–Trinajstić information content (AvgIpc) is 2.80. The monoisotopic (exact) mass is 246 g/mol. The lowest BCUT2D eigenvalue weighted by Crippen LogP contribution is -2.52. The van der Waals surface area contributed by atoms with E-state index in [1.54, 1.807) is 0 Å². The van der Waals surface area contributed by atoms with E-state index in [1.165, 1.54) is 24.1 Å². The molecule has 0 amide bonds. The highest BCUT2D eigenvalue weighted by Gasteiger charge is 2.29. The van der Waals surface area contributed by atoms with Crippen molar-refractivity contribution in [2.75, 3.05) is 25.1 Å². The number of hydrogen-bond acceptors (Lipinski definition) is 3. The van der Waals surface area contributed by atoms with Crippen molar-refractivity contribution >= 4 is 5.69 Å². The van der Waals surface area contributed by atoms with E-state index in [0.29, 0.717) is 6.04 Å². The third-order valence-electron chi connectivity index (χ3n) is 4.06. The van der Waals surface area contributed by atoms with Crippen LogP contribution in [-0.4, -0.2) is 31.3 Å². The molecule has 0 bridgehead atoms. The molecule has 0 radical (unpaired) electrons. The predicted molar refractivity (Wildman–Crippen MR) is 74.0 cm³/mol. The Labute approximate surface area is 109 Å². The van der Waals surface area contributed by atoms with Gasteiger partial charge < -0.3 is 15.4 Å². The summed E-state index contributed by atoms with van der Waals surface area (Å²) in [6, 6.07) is 9.11. The summed E-state index contributed by atoms with van der Waals surface area (Å²) in [6.07, 6.45) is 3.51. The van der Waals surface area contributed by atoms with Gasteiger partial charge in [0.2, 0.25) is 0 Å². The molecule has 98 valence electrons. The van der Waals surface area contributed by atoms with E-state index in [9.17, 15) is 0 Å². The average molecular weight is 246 g/mol. The number of benzene rings is 1. The van der Waals surface area contributed by atoms with Gasteiger partial charge in [0.05, 0.1) is 6.61 Å². The molecule has 1 fully saturated rings. The van der Waals surface area contributed by atoms with Crippen LogP contribution in [0.2, 0.25) is 0 Å². The van der Waals surface area contributed by atoms with Crippen LogP contribution in [0.4, 0.5) is 5.69 Å². The highest BCUT2D eigenvalue weighted by molar-refractivity contribution is 5.56. The minimum Gasteiger partial charge on any atom is -0.380 e. The molecule has 1 aromatic carbocycles. The Morgan fingerprint density at radius 3 is 3.11 bits per heavy atom. The first kappa shape index (κ1) is 12.0. The van der Waals surface area contributed by atoms with Gasteiger partial charge in [-0.25, -0.2) is 0 Å². The van der Waals surface area contributed by atoms with Gasteiger partial charge in [0.15, 0.2) is 0 Å². The van der Waals surface area contributed by atoms with E-state index in [2.05, 4.69) is 41.8 Å². The first-order chi connectivity index (χ1) is 8.75. The minimum absolute atomic E-state index is 0.161. The van der Waals surface area contributed by atoms with Crippen molar-refractivity contribution in [2.45, 2.75) is 37.8 Å². The van der Waals surface area contributed by atoms with Gasteiger partial charge in [0.25, 0.3) is 0 Å². The van der Waals surface area contributed by atoms with Crippen LogP contribution in [0.25, 0.3) is 0 Å². The zero-order valence-electron chi connectivity index (χ0n) is 11.0. The van der Waals surface area contributed by atoms with Crippen molar-refractivity contribution in [3.63, 3.8) is 0 Å². The van der Waals surface area contributed by atoms with E-state index >= 15 is 0 Å². The largest absolute Gasteiger partial charge is 0.380 e. The van der Waals surface area contributed by atoms with Crippen molar-refractivity contribution in [1.29, 1.82) is 0 Å². The molecule has 18 heavy (non-hydrogen) atoms. The van der Waals surface area contributed by atoms with E-state index in [0.717, 1.165) is 26.2 Å². The highest BCUT2D eigenvalue weighted by Crippen LogP contribution is 2.25. The molecule has 2 unspecified atom stereocenters. The predicted octanol–water partition coefficient (Wildman–Crippen LogP) is 2.18. The van der Waals surface area contributed by atoms with Crippen molar-refractivity contribution in [1.82, 2.24) is 5.32 Å². The molecule has 2 aliphatic rings. The van der Waals surface area contributed by atoms with E-state index in [1.807, 2.05) is 0 Å². The second kappa shape index (κ2) is 4.90. The minimum atomic E-state index is 0.161. The lowest BCUT2D eigenvalue weighted by Gasteiger charge is -2.35. The fourth-order valence-electron chi connectivity index (χ4n) is 2.94. The SMILES string of the molecule is CC1(NCC2Cc3ccccc3N2)CCCOC1. The zero-order valence-corrected chi connectivity index (χ0v) is 11.0. The Hall–Kier alpha value is -1.06. The van der Waals surface area contributed by atoms with Crippen LogP contribution >= 0.6 is 0 Å². The maximum absolute atomic E-state index is 5.58. The van der Waals surface area contributed by atoms with Crippen molar-refractivity contribution in [3.05, 3.63) is 29.8 Å². The van der Waals surface area contributed by atoms with Crippen LogP contribution in [0.1, 0.15) is 25.3 Å². The van der Waals surface area contributed by atoms with Crippen LogP contribution in [-0.2, 0) is 11.2 Å². The Morgan fingerprint density at radius 2 is 2.33 bits per heavy atom. The molecule has 3 nitrogen and oxygen atoms in total. The van der Waals surface area contributed by atoms with Gasteiger partial charge >= 0.3 is 0 Å². The second-order valence-electron chi connectivity index (χ2n) is 5.80. The zero-order chi connectivity index (χ0) is 12.4. The van der Waals surface area contributed by atoms with Crippen LogP contribution < -0.4 is 10.6 Å². The highest BCUT2D eigenvalue weighted by atomic mass is 16.5. The molecule has 0 aromatic heterocycles. The summed E-state index contributed by atoms with van der Waals surface area (Å²) in [6.45, 7) is 5.04. The molecule has 3 heteroatoms. The molecular formula is C15H22N2O. The summed E-state index contributed by atoms with van der Waals surface area (Å²) >= 11 is 0. The van der Waals surface area contributed by atoms with Gasteiger partial charge in [-0.2, -0.15) is 0 Å². The fraction of sp³-hybridized carbons (Fsp3) is 0.600. The first-order valence-electron chi connectivity index (χ1n) is 6.92. The molecule has 2 heterocycles. The quantitative estimate of drug-likeness (QED) is 0.857. The molecule has 0 aliphatic carbocycles. The fourth-order valence-corrected chi connectivity index (χ4v) is 2.94. The maximum Gasteiger partial charge on any atom is 0.0645 e. The smallest absolute Gasteiger partial charge is 0.0645 e. The maximum atomic E-state index is 5.58. The Bertz CT molecular complexity index is 388. The molecule has 2 N–H and O–H groups in total. The van der Waals surface area contributed by atoms with Gasteiger partial charge in [-0.1, -0.05) is 18.2 Å². The van der Waals surface area contributed by atoms with Crippen molar-refractivity contribution in [3.8, 4) is 0 Å². The van der Waals surface area contributed by atoms with E-state index in [-0.39, 0.29) is 5.54 Å². The Kier molecular flexibility index (Phi) is 3.27. The van der Waals surface area contributed by atoms with E-state index < -0.39 is 0 Å². The Balaban J connectivity index is 1.53. The number of hydrogen-bond donors (Lipinski definition) is 2. The van der Waals surface area contributed by atoms with Gasteiger partial charge in [-0.05, 0) is 37.8 Å². The van der Waals surface area contributed by atoms with Crippen molar-refractivity contribution < 1.29 is 4.74 Å². The number of nitrogens with one attached hydrogen (secondary N) is 2. The topological polar surface area (TPSA) is 33.3 Å². The molecule has 0 saturated carbocycles. The summed E-state index contributed by atoms with van der Waals surface area (Å²) in [5.41, 5.74) is 2.90. The summed E-state index contributed by atoms with van der Waals surface area (Å²) in [5, 5.41) is 7.28. The molecule has 3 rings (SSSR count). The third-order valence-corrected chi connectivity index (χ3v) is 4.06. The third kappa shape index (κ3) is 2.52. The van der Waals surface area contributed by atoms with Crippen molar-refractivity contribution in [2.24, 2.45) is 0 Å². The molecule has 2 atom stereocenters. The van der Waals surface area contributed by atoms with Crippen LogP contribution in [0.5, 0.6) is 0 Å². The van der Waals surface area contributed by atoms with Crippen LogP contribution in [0, 0.1) is 0 Å². The van der Waals surface area contributed by atoms with Crippen LogP contribution in [0.15, 0.2) is 24.3 Å². The second-order valence-corrected chi connectivity index (χ2v) is 5.80. The van der Waals surface area contributed by atoms with Gasteiger partial charge in [-0.15, -0.1) is 0 Å². The summed E-state index contributed by atoms with van der Waals surface area (Å²) in [7, 11) is 0. The van der Waals surface area contributed by atoms with Gasteiger partial charge in [0, 0.05) is 30.4 Å². The molecule has 0 spiro atoms. The van der Waals surface area contributed by atoms with Gasteiger partial charge in [-0.3, -0.25) is 0 Å². The molecule has 1 aromatic rings. The molecular weight excluding hydrogens is 224 g/mol. The summed E-state index contributed by atoms with van der Waals surface area (Å²) in [4.78, 5) is 0. The number of fused-ring (bicyclic) bond motifs is 1. The number of ether oxygens (including phenoxy) is 1. The standard InChI is InChI=1S/C15H22N2O/c1-15(7-4-8-18-11-15)16-10-13-9-12-5-2-3-6-14(12)17-13/h2-3,5-6,13,16-17H,4,7-11H2,1H3. The first-order valence-corrected chi connectivity index (χ1v) is 6.92. The number of rotatable bonds is 3. The normalized spacial score (nSPS) is 30.8. The summed E-state index contributed by atoms with van der Waals surface area (Å²) in [5.74, 6) is 0. The summed E-state index contributed by atoms with van der Waals surface area (Å²) < 4.78 is 5.58. The number of anilines is 1. The molecule has 2 aliphatic heterocycles. The van der Waals surface area contributed by atoms with Gasteiger partial charge in [0.1, 0.15) is 0 Å². The van der Waals surface area contributed by atoms with Crippen LogP contribution in [0.3, 0.4) is 0 Å². The lowest BCUT2D eigenvalue weighted by atomic mass is 9.94. The number of para-hydroxylation sites is 1. The lowest BCUT2D eigenvalue weighted by molar-refractivity contribution is 0.0284. The van der Waals surface area contributed by atoms with E-state index in [4.69, 9.17) is 4.74 Å². The molecule has 1 saturated heterocycles. The Morgan fingerprint density at radius 1 is 1.44 bits per heavy atom.